The van der Waals surface area contributed by atoms with Crippen LogP contribution in [0.25, 0.3) is 10.9 Å². The van der Waals surface area contributed by atoms with E-state index in [0.29, 0.717) is 23.5 Å². The predicted molar refractivity (Wildman–Crippen MR) is 94.9 cm³/mol. The Morgan fingerprint density at radius 2 is 2.21 bits per heavy atom. The van der Waals surface area contributed by atoms with Crippen LogP contribution in [-0.4, -0.2) is 40.1 Å². The largest absolute Gasteiger partial charge is 0.366 e. The minimum atomic E-state index is 0.201. The molecule has 0 unspecified atom stereocenters. The number of nitrogens with zero attached hydrogens (tertiary/aromatic N) is 4. The van der Waals surface area contributed by atoms with Gasteiger partial charge in [0.2, 0.25) is 5.95 Å². The van der Waals surface area contributed by atoms with Gasteiger partial charge in [0.15, 0.2) is 5.82 Å². The van der Waals surface area contributed by atoms with Gasteiger partial charge in [0.05, 0.1) is 0 Å². The van der Waals surface area contributed by atoms with E-state index in [1.54, 1.807) is 12.3 Å². The lowest BCUT2D eigenvalue weighted by atomic mass is 10.1. The Morgan fingerprint density at radius 1 is 1.33 bits per heavy atom. The number of pyridine rings is 1. The van der Waals surface area contributed by atoms with Crippen LogP contribution in [0.3, 0.4) is 0 Å². The third-order valence-corrected chi connectivity index (χ3v) is 3.99. The average molecular weight is 325 g/mol. The Bertz CT molecular complexity index is 742. The van der Waals surface area contributed by atoms with Crippen molar-refractivity contribution >= 4 is 22.7 Å². The van der Waals surface area contributed by atoms with E-state index in [9.17, 15) is 0 Å². The number of nitriles is 1. The zero-order valence-electron chi connectivity index (χ0n) is 14.1. The highest BCUT2D eigenvalue weighted by Crippen LogP contribution is 2.22. The molecule has 0 spiro atoms. The molecule has 0 aromatic carbocycles. The van der Waals surface area contributed by atoms with Crippen LogP contribution < -0.4 is 16.0 Å². The van der Waals surface area contributed by atoms with Crippen LogP contribution in [0.15, 0.2) is 12.3 Å². The lowest BCUT2D eigenvalue weighted by Gasteiger charge is -2.17. The number of nitrogens with one attached hydrogen (secondary N) is 3. The van der Waals surface area contributed by atoms with Crippen LogP contribution in [0.4, 0.5) is 11.8 Å². The molecule has 1 fully saturated rings. The summed E-state index contributed by atoms with van der Waals surface area (Å²) in [5.74, 6) is 1.23. The zero-order chi connectivity index (χ0) is 16.9. The smallest absolute Gasteiger partial charge is 0.223 e. The quantitative estimate of drug-likeness (QED) is 0.793. The molecule has 0 aliphatic carbocycles. The van der Waals surface area contributed by atoms with Gasteiger partial charge >= 0.3 is 0 Å². The highest BCUT2D eigenvalue weighted by molar-refractivity contribution is 5.89. The lowest BCUT2D eigenvalue weighted by molar-refractivity contribution is 0.631. The number of fused-ring (bicyclic) bond motifs is 1. The molecule has 0 saturated carbocycles. The molecule has 7 nitrogen and oxygen atoms in total. The van der Waals surface area contributed by atoms with Crippen molar-refractivity contribution in [1.29, 1.82) is 5.26 Å². The van der Waals surface area contributed by atoms with E-state index in [2.05, 4.69) is 37.0 Å². The number of rotatable bonds is 4. The Labute approximate surface area is 141 Å². The molecule has 1 aliphatic heterocycles. The number of hydrogen-bond donors (Lipinski definition) is 3. The molecule has 0 bridgehead atoms. The molecule has 126 valence electrons. The molecule has 24 heavy (non-hydrogen) atoms. The Hall–Kier alpha value is -2.46. The second-order valence-electron chi connectivity index (χ2n) is 6.44. The maximum Gasteiger partial charge on any atom is 0.223 e. The summed E-state index contributed by atoms with van der Waals surface area (Å²) in [5.41, 5.74) is 1.10. The molecule has 3 heterocycles. The van der Waals surface area contributed by atoms with Crippen molar-refractivity contribution in [3.63, 3.8) is 0 Å². The van der Waals surface area contributed by atoms with E-state index in [-0.39, 0.29) is 6.04 Å². The first-order valence-electron chi connectivity index (χ1n) is 8.47. The highest BCUT2D eigenvalue weighted by atomic mass is 15.1. The summed E-state index contributed by atoms with van der Waals surface area (Å²) in [6.07, 6.45) is 5.27. The van der Waals surface area contributed by atoms with E-state index in [4.69, 9.17) is 5.26 Å². The molecular formula is C17H23N7. The summed E-state index contributed by atoms with van der Waals surface area (Å²) in [4.78, 5) is 13.4. The molecule has 3 N–H and O–H groups in total. The summed E-state index contributed by atoms with van der Waals surface area (Å²) in [5, 5.41) is 20.1. The monoisotopic (exact) mass is 325 g/mol. The van der Waals surface area contributed by atoms with Gasteiger partial charge in [-0.05, 0) is 39.3 Å². The summed E-state index contributed by atoms with van der Waals surface area (Å²) in [6.45, 7) is 6.05. The van der Waals surface area contributed by atoms with E-state index < -0.39 is 0 Å². The third kappa shape index (κ3) is 3.89. The minimum absolute atomic E-state index is 0.201. The molecule has 2 aromatic heterocycles. The number of anilines is 2. The van der Waals surface area contributed by atoms with E-state index in [1.807, 2.05) is 13.8 Å². The van der Waals surface area contributed by atoms with Crippen molar-refractivity contribution in [2.45, 2.75) is 45.2 Å². The SMILES string of the molecule is CC(C)Nc1nc(C#N)cc2cnc(N[C@H]3CCCCNC3)nc12. The standard InChI is InChI=1S/C17H23N7/c1-11(2)21-16-15-12(7-14(8-18)22-16)9-20-17(24-15)23-13-5-3-4-6-19-10-13/h7,9,11,13,19H,3-6,10H2,1-2H3,(H,21,22)(H,20,23,24)/t13-/m0/s1. The van der Waals surface area contributed by atoms with Gasteiger partial charge in [0.1, 0.15) is 17.3 Å². The molecular weight excluding hydrogens is 302 g/mol. The molecule has 0 amide bonds. The van der Waals surface area contributed by atoms with Gasteiger partial charge in [-0.2, -0.15) is 5.26 Å². The van der Waals surface area contributed by atoms with Crippen molar-refractivity contribution in [2.24, 2.45) is 0 Å². The van der Waals surface area contributed by atoms with Gasteiger partial charge in [0, 0.05) is 30.2 Å². The molecule has 3 rings (SSSR count). The fraction of sp³-hybridized carbons (Fsp3) is 0.529. The van der Waals surface area contributed by atoms with E-state index in [0.717, 1.165) is 30.4 Å². The Morgan fingerprint density at radius 3 is 3.00 bits per heavy atom. The summed E-state index contributed by atoms with van der Waals surface area (Å²) in [6, 6.07) is 4.34. The highest BCUT2D eigenvalue weighted by Gasteiger charge is 2.15. The molecule has 7 heteroatoms. The van der Waals surface area contributed by atoms with Crippen molar-refractivity contribution < 1.29 is 0 Å². The first-order valence-corrected chi connectivity index (χ1v) is 8.47. The van der Waals surface area contributed by atoms with Crippen molar-refractivity contribution in [3.8, 4) is 6.07 Å². The van der Waals surface area contributed by atoms with Crippen molar-refractivity contribution in [1.82, 2.24) is 20.3 Å². The maximum absolute atomic E-state index is 9.15. The fourth-order valence-corrected chi connectivity index (χ4v) is 2.87. The topological polar surface area (TPSA) is 98.5 Å². The first-order chi connectivity index (χ1) is 11.7. The normalized spacial score (nSPS) is 18.2. The van der Waals surface area contributed by atoms with Crippen molar-refractivity contribution in [2.75, 3.05) is 23.7 Å². The van der Waals surface area contributed by atoms with Crippen LogP contribution in [0.1, 0.15) is 38.8 Å². The maximum atomic E-state index is 9.15. The fourth-order valence-electron chi connectivity index (χ4n) is 2.87. The number of aromatic nitrogens is 3. The van der Waals surface area contributed by atoms with E-state index >= 15 is 0 Å². The molecule has 0 radical (unpaired) electrons. The van der Waals surface area contributed by atoms with Crippen molar-refractivity contribution in [3.05, 3.63) is 18.0 Å². The Balaban J connectivity index is 1.92. The Kier molecular flexibility index (Phi) is 5.06. The van der Waals surface area contributed by atoms with Gasteiger partial charge in [-0.1, -0.05) is 6.42 Å². The molecule has 1 saturated heterocycles. The van der Waals surface area contributed by atoms with Crippen LogP contribution in [0.2, 0.25) is 0 Å². The molecule has 2 aromatic rings. The zero-order valence-corrected chi connectivity index (χ0v) is 14.1. The average Bonchev–Trinajstić information content (AvgIpc) is 2.83. The minimum Gasteiger partial charge on any atom is -0.366 e. The lowest BCUT2D eigenvalue weighted by Crippen LogP contribution is -2.31. The van der Waals surface area contributed by atoms with Gasteiger partial charge in [0.25, 0.3) is 0 Å². The van der Waals surface area contributed by atoms with Gasteiger partial charge in [-0.25, -0.2) is 15.0 Å². The molecule has 1 aliphatic rings. The van der Waals surface area contributed by atoms with Gasteiger partial charge in [-0.15, -0.1) is 0 Å². The first kappa shape index (κ1) is 16.4. The van der Waals surface area contributed by atoms with Gasteiger partial charge < -0.3 is 16.0 Å². The van der Waals surface area contributed by atoms with Crippen LogP contribution in [0.5, 0.6) is 0 Å². The second-order valence-corrected chi connectivity index (χ2v) is 6.44. The van der Waals surface area contributed by atoms with E-state index in [1.165, 1.54) is 12.8 Å². The second kappa shape index (κ2) is 7.41. The summed E-state index contributed by atoms with van der Waals surface area (Å²) < 4.78 is 0. The molecule has 1 atom stereocenters. The van der Waals surface area contributed by atoms with Crippen LogP contribution in [-0.2, 0) is 0 Å². The number of hydrogen-bond acceptors (Lipinski definition) is 7. The van der Waals surface area contributed by atoms with Crippen LogP contribution >= 0.6 is 0 Å². The third-order valence-electron chi connectivity index (χ3n) is 3.99. The van der Waals surface area contributed by atoms with Gasteiger partial charge in [-0.3, -0.25) is 0 Å². The summed E-state index contributed by atoms with van der Waals surface area (Å²) >= 11 is 0. The summed E-state index contributed by atoms with van der Waals surface area (Å²) in [7, 11) is 0. The van der Waals surface area contributed by atoms with Crippen LogP contribution in [0, 0.1) is 11.3 Å². The predicted octanol–water partition coefficient (Wildman–Crippen LogP) is 2.27.